The summed E-state index contributed by atoms with van der Waals surface area (Å²) in [5.41, 5.74) is 3.13. The maximum Gasteiger partial charge on any atom is 0.318 e. The molecule has 1 aliphatic heterocycles. The molecule has 3 amide bonds. The highest BCUT2D eigenvalue weighted by atomic mass is 16.2. The molecule has 1 fully saturated rings. The van der Waals surface area contributed by atoms with Gasteiger partial charge < -0.3 is 15.1 Å². The van der Waals surface area contributed by atoms with Gasteiger partial charge in [0.25, 0.3) is 0 Å². The van der Waals surface area contributed by atoms with E-state index < -0.39 is 0 Å². The van der Waals surface area contributed by atoms with Gasteiger partial charge >= 0.3 is 6.03 Å². The largest absolute Gasteiger partial charge is 0.333 e. The summed E-state index contributed by atoms with van der Waals surface area (Å²) >= 11 is 0. The van der Waals surface area contributed by atoms with Crippen LogP contribution in [0.4, 0.5) is 10.5 Å². The first-order chi connectivity index (χ1) is 12.9. The van der Waals surface area contributed by atoms with E-state index in [0.717, 1.165) is 16.8 Å². The van der Waals surface area contributed by atoms with Crippen LogP contribution in [0.25, 0.3) is 0 Å². The summed E-state index contributed by atoms with van der Waals surface area (Å²) in [6.45, 7) is 7.07. The number of aryl methyl sites for hydroxylation is 1. The zero-order chi connectivity index (χ0) is 19.4. The molecule has 0 saturated carbocycles. The molecular weight excluding hydrogens is 338 g/mol. The molecule has 2 aromatic rings. The first-order valence-electron chi connectivity index (χ1n) is 9.42. The highest BCUT2D eigenvalue weighted by Crippen LogP contribution is 2.22. The third kappa shape index (κ3) is 4.67. The lowest BCUT2D eigenvalue weighted by atomic mass is 10.2. The van der Waals surface area contributed by atoms with Crippen molar-refractivity contribution in [3.63, 3.8) is 0 Å². The number of amides is 3. The number of hydrogen-bond acceptors (Lipinski definition) is 2. The van der Waals surface area contributed by atoms with Crippen LogP contribution in [0.1, 0.15) is 31.4 Å². The number of nitrogens with zero attached hydrogens (tertiary/aromatic N) is 2. The minimum atomic E-state index is -0.177. The lowest BCUT2D eigenvalue weighted by Crippen LogP contribution is -2.48. The van der Waals surface area contributed by atoms with Crippen molar-refractivity contribution in [2.75, 3.05) is 11.4 Å². The lowest BCUT2D eigenvalue weighted by Gasteiger charge is -2.28. The third-order valence-electron chi connectivity index (χ3n) is 4.88. The summed E-state index contributed by atoms with van der Waals surface area (Å²) < 4.78 is 0. The molecule has 3 rings (SSSR count). The Morgan fingerprint density at radius 1 is 1.15 bits per heavy atom. The molecule has 1 atom stereocenters. The summed E-state index contributed by atoms with van der Waals surface area (Å²) in [7, 11) is 0. The zero-order valence-electron chi connectivity index (χ0n) is 16.2. The van der Waals surface area contributed by atoms with Gasteiger partial charge in [-0.15, -0.1) is 0 Å². The number of nitrogens with one attached hydrogen (secondary N) is 1. The van der Waals surface area contributed by atoms with Gasteiger partial charge in [0, 0.05) is 31.2 Å². The van der Waals surface area contributed by atoms with Crippen molar-refractivity contribution >= 4 is 17.6 Å². The fourth-order valence-electron chi connectivity index (χ4n) is 3.31. The molecule has 1 heterocycles. The van der Waals surface area contributed by atoms with Crippen molar-refractivity contribution in [3.8, 4) is 0 Å². The smallest absolute Gasteiger partial charge is 0.318 e. The predicted molar refractivity (Wildman–Crippen MR) is 108 cm³/mol. The van der Waals surface area contributed by atoms with Crippen molar-refractivity contribution in [3.05, 3.63) is 65.7 Å². The van der Waals surface area contributed by atoms with E-state index in [-0.39, 0.29) is 24.0 Å². The SMILES string of the molecule is Cc1ccc(N2C[C@@H](NC(=O)N(Cc3ccccc3)C(C)C)CC2=O)cc1. The number of anilines is 1. The maximum atomic E-state index is 12.8. The van der Waals surface area contributed by atoms with E-state index in [4.69, 9.17) is 0 Å². The van der Waals surface area contributed by atoms with E-state index in [1.807, 2.05) is 75.4 Å². The van der Waals surface area contributed by atoms with Crippen LogP contribution in [0.3, 0.4) is 0 Å². The topological polar surface area (TPSA) is 52.7 Å². The summed E-state index contributed by atoms with van der Waals surface area (Å²) in [5.74, 6) is 0.0447. The molecule has 0 bridgehead atoms. The molecule has 5 nitrogen and oxygen atoms in total. The molecule has 0 aliphatic carbocycles. The Kier molecular flexibility index (Phi) is 5.79. The Bertz CT molecular complexity index is 787. The third-order valence-corrected chi connectivity index (χ3v) is 4.88. The van der Waals surface area contributed by atoms with Crippen molar-refractivity contribution in [1.82, 2.24) is 10.2 Å². The van der Waals surface area contributed by atoms with Gasteiger partial charge in [-0.25, -0.2) is 4.79 Å². The molecule has 2 aromatic carbocycles. The van der Waals surface area contributed by atoms with Crippen LogP contribution < -0.4 is 10.2 Å². The average Bonchev–Trinajstić information content (AvgIpc) is 3.01. The summed E-state index contributed by atoms with van der Waals surface area (Å²) in [6, 6.07) is 17.6. The summed E-state index contributed by atoms with van der Waals surface area (Å²) in [5, 5.41) is 3.05. The van der Waals surface area contributed by atoms with E-state index in [9.17, 15) is 9.59 Å². The monoisotopic (exact) mass is 365 g/mol. The maximum absolute atomic E-state index is 12.8. The van der Waals surface area contributed by atoms with Gasteiger partial charge in [-0.1, -0.05) is 48.0 Å². The second-order valence-electron chi connectivity index (χ2n) is 7.40. The van der Waals surface area contributed by atoms with E-state index in [1.54, 1.807) is 9.80 Å². The Hall–Kier alpha value is -2.82. The van der Waals surface area contributed by atoms with Crippen molar-refractivity contribution < 1.29 is 9.59 Å². The fraction of sp³-hybridized carbons (Fsp3) is 0.364. The van der Waals surface area contributed by atoms with E-state index >= 15 is 0 Å². The van der Waals surface area contributed by atoms with Crippen LogP contribution in [0.5, 0.6) is 0 Å². The Balaban J connectivity index is 1.64. The van der Waals surface area contributed by atoms with Crippen molar-refractivity contribution in [2.45, 2.75) is 45.8 Å². The minimum Gasteiger partial charge on any atom is -0.333 e. The van der Waals surface area contributed by atoms with Gasteiger partial charge in [0.1, 0.15) is 0 Å². The van der Waals surface area contributed by atoms with Gasteiger partial charge in [-0.3, -0.25) is 4.79 Å². The summed E-state index contributed by atoms with van der Waals surface area (Å²) in [4.78, 5) is 28.8. The van der Waals surface area contributed by atoms with Gasteiger partial charge in [0.2, 0.25) is 5.91 Å². The molecule has 27 heavy (non-hydrogen) atoms. The second kappa shape index (κ2) is 8.25. The number of urea groups is 1. The molecule has 1 aliphatic rings. The van der Waals surface area contributed by atoms with Gasteiger partial charge in [0.05, 0.1) is 6.04 Å². The molecule has 142 valence electrons. The highest BCUT2D eigenvalue weighted by molar-refractivity contribution is 5.96. The molecule has 0 aromatic heterocycles. The molecule has 5 heteroatoms. The van der Waals surface area contributed by atoms with Crippen LogP contribution in [0.2, 0.25) is 0 Å². The highest BCUT2D eigenvalue weighted by Gasteiger charge is 2.32. The average molecular weight is 365 g/mol. The molecule has 0 radical (unpaired) electrons. The number of hydrogen-bond donors (Lipinski definition) is 1. The van der Waals surface area contributed by atoms with Crippen molar-refractivity contribution in [2.24, 2.45) is 0 Å². The van der Waals surface area contributed by atoms with Crippen LogP contribution in [-0.4, -0.2) is 35.5 Å². The van der Waals surface area contributed by atoms with E-state index in [0.29, 0.717) is 19.5 Å². The molecule has 0 unspecified atom stereocenters. The Morgan fingerprint density at radius 3 is 2.44 bits per heavy atom. The van der Waals surface area contributed by atoms with Crippen LogP contribution in [0, 0.1) is 6.92 Å². The van der Waals surface area contributed by atoms with E-state index in [2.05, 4.69) is 5.32 Å². The number of carbonyl (C=O) groups is 2. The van der Waals surface area contributed by atoms with Gasteiger partial charge in [-0.2, -0.15) is 0 Å². The second-order valence-corrected chi connectivity index (χ2v) is 7.40. The fourth-order valence-corrected chi connectivity index (χ4v) is 3.31. The molecular formula is C22H27N3O2. The van der Waals surface area contributed by atoms with Gasteiger partial charge in [-0.05, 0) is 38.5 Å². The Morgan fingerprint density at radius 2 is 1.81 bits per heavy atom. The first-order valence-corrected chi connectivity index (χ1v) is 9.42. The number of rotatable bonds is 5. The minimum absolute atomic E-state index is 0.0447. The Labute approximate surface area is 161 Å². The van der Waals surface area contributed by atoms with Crippen LogP contribution in [-0.2, 0) is 11.3 Å². The van der Waals surface area contributed by atoms with E-state index in [1.165, 1.54) is 0 Å². The molecule has 1 N–H and O–H groups in total. The summed E-state index contributed by atoms with van der Waals surface area (Å²) in [6.07, 6.45) is 0.330. The normalized spacial score (nSPS) is 16.7. The molecule has 0 spiro atoms. The number of carbonyl (C=O) groups excluding carboxylic acids is 2. The number of benzene rings is 2. The zero-order valence-corrected chi connectivity index (χ0v) is 16.2. The van der Waals surface area contributed by atoms with Gasteiger partial charge in [0.15, 0.2) is 0 Å². The van der Waals surface area contributed by atoms with Crippen LogP contribution in [0.15, 0.2) is 54.6 Å². The standard InChI is InChI=1S/C22H27N3O2/c1-16(2)24(14-18-7-5-4-6-8-18)22(27)23-19-13-21(26)25(15-19)20-11-9-17(3)10-12-20/h4-12,16,19H,13-15H2,1-3H3,(H,23,27)/t19-/m0/s1. The predicted octanol–water partition coefficient (Wildman–Crippen LogP) is 3.72. The quantitative estimate of drug-likeness (QED) is 0.878. The lowest BCUT2D eigenvalue weighted by molar-refractivity contribution is -0.117. The molecule has 1 saturated heterocycles. The van der Waals surface area contributed by atoms with Crippen LogP contribution >= 0.6 is 0 Å². The van der Waals surface area contributed by atoms with Crippen molar-refractivity contribution in [1.29, 1.82) is 0 Å². The first kappa shape index (κ1) is 19.0.